The van der Waals surface area contributed by atoms with Crippen LogP contribution in [-0.2, 0) is 23.6 Å². The van der Waals surface area contributed by atoms with E-state index in [2.05, 4.69) is 0 Å². The van der Waals surface area contributed by atoms with E-state index < -0.39 is 53.3 Å². The van der Waals surface area contributed by atoms with Crippen molar-refractivity contribution < 1.29 is 36.2 Å². The Morgan fingerprint density at radius 3 is 1.92 bits per heavy atom. The average molecular weight is 371 g/mol. The van der Waals surface area contributed by atoms with Gasteiger partial charge in [-0.05, 0) is 36.5 Å². The Bertz CT molecular complexity index is 565. The van der Waals surface area contributed by atoms with E-state index in [0.717, 1.165) is 6.07 Å². The third-order valence-corrected chi connectivity index (χ3v) is 4.11. The van der Waals surface area contributed by atoms with Gasteiger partial charge in [-0.1, -0.05) is 19.4 Å². The van der Waals surface area contributed by atoms with Crippen molar-refractivity contribution >= 4 is 5.97 Å². The van der Waals surface area contributed by atoms with E-state index in [1.165, 1.54) is 0 Å². The third-order valence-electron chi connectivity index (χ3n) is 4.11. The van der Waals surface area contributed by atoms with E-state index in [9.17, 15) is 31.1 Å². The normalized spacial score (nSPS) is 15.0. The van der Waals surface area contributed by atoms with Gasteiger partial charge in [0.15, 0.2) is 0 Å². The lowest BCUT2D eigenvalue weighted by Gasteiger charge is -2.24. The molecule has 0 aliphatic carbocycles. The van der Waals surface area contributed by atoms with Crippen LogP contribution >= 0.6 is 0 Å². The summed E-state index contributed by atoms with van der Waals surface area (Å²) >= 11 is 0. The molecule has 3 nitrogen and oxygen atoms in total. The maximum absolute atomic E-state index is 13.1. The van der Waals surface area contributed by atoms with Crippen LogP contribution < -0.4 is 5.73 Å². The van der Waals surface area contributed by atoms with Gasteiger partial charge in [-0.15, -0.1) is 0 Å². The van der Waals surface area contributed by atoms with Crippen molar-refractivity contribution in [2.75, 3.05) is 6.54 Å². The molecular weight excluding hydrogens is 352 g/mol. The lowest BCUT2D eigenvalue weighted by Crippen LogP contribution is -2.27. The second kappa shape index (κ2) is 8.07. The number of hydrogen-bond donors (Lipinski definition) is 2. The molecule has 0 aliphatic rings. The van der Waals surface area contributed by atoms with Crippen LogP contribution in [0.3, 0.4) is 0 Å². The zero-order chi connectivity index (χ0) is 19.4. The molecule has 0 radical (unpaired) electrons. The van der Waals surface area contributed by atoms with Crippen molar-refractivity contribution in [3.8, 4) is 0 Å². The molecule has 1 aromatic carbocycles. The second-order valence-corrected chi connectivity index (χ2v) is 5.81. The van der Waals surface area contributed by atoms with Crippen molar-refractivity contribution in [2.45, 2.75) is 38.5 Å². The predicted octanol–water partition coefficient (Wildman–Crippen LogP) is 4.34. The molecule has 0 saturated heterocycles. The fourth-order valence-corrected chi connectivity index (χ4v) is 2.72. The number of halogens is 6. The molecule has 0 aromatic heterocycles. The Balaban J connectivity index is 3.31. The first-order valence-electron chi connectivity index (χ1n) is 7.60. The molecule has 2 atom stereocenters. The van der Waals surface area contributed by atoms with Gasteiger partial charge in [-0.2, -0.15) is 26.3 Å². The molecule has 2 unspecified atom stereocenters. The number of carboxylic acid groups (broad SMARTS) is 1. The largest absolute Gasteiger partial charge is 0.481 e. The molecule has 0 spiro atoms. The first-order chi connectivity index (χ1) is 11.4. The maximum atomic E-state index is 13.1. The van der Waals surface area contributed by atoms with Crippen LogP contribution in [0, 0.1) is 11.8 Å². The minimum atomic E-state index is -4.94. The Labute approximate surface area is 140 Å². The maximum Gasteiger partial charge on any atom is 0.416 e. The summed E-state index contributed by atoms with van der Waals surface area (Å²) in [5.41, 5.74) is 1.78. The number of alkyl halides is 6. The van der Waals surface area contributed by atoms with Crippen LogP contribution in [0.25, 0.3) is 0 Å². The Hall–Kier alpha value is -1.77. The Morgan fingerprint density at radius 2 is 1.60 bits per heavy atom. The van der Waals surface area contributed by atoms with Gasteiger partial charge in [0.05, 0.1) is 17.0 Å². The molecule has 25 heavy (non-hydrogen) atoms. The van der Waals surface area contributed by atoms with Gasteiger partial charge in [0.1, 0.15) is 0 Å². The first-order valence-corrected chi connectivity index (χ1v) is 7.60. The highest BCUT2D eigenvalue weighted by Crippen LogP contribution is 2.41. The highest BCUT2D eigenvalue weighted by molar-refractivity contribution is 5.70. The molecule has 0 aliphatic heterocycles. The summed E-state index contributed by atoms with van der Waals surface area (Å²) in [7, 11) is 0. The summed E-state index contributed by atoms with van der Waals surface area (Å²) < 4.78 is 78.9. The summed E-state index contributed by atoms with van der Waals surface area (Å²) in [5.74, 6) is -2.91. The first kappa shape index (κ1) is 21.3. The zero-order valence-corrected chi connectivity index (χ0v) is 13.4. The van der Waals surface area contributed by atoms with Crippen LogP contribution in [0.1, 0.15) is 36.5 Å². The lowest BCUT2D eigenvalue weighted by atomic mass is 9.84. The topological polar surface area (TPSA) is 63.3 Å². The van der Waals surface area contributed by atoms with Gasteiger partial charge in [-0.25, -0.2) is 0 Å². The smallest absolute Gasteiger partial charge is 0.416 e. The van der Waals surface area contributed by atoms with E-state index in [0.29, 0.717) is 12.1 Å². The summed E-state index contributed by atoms with van der Waals surface area (Å²) in [5, 5.41) is 9.01. The standard InChI is InChI=1S/C16H19F6NO2/c1-2-9(6-10(8-23)14(24)25)7-11-12(15(17,18)19)4-3-5-13(11)16(20,21)22/h3-5,9-10H,2,6-8,23H2,1H3,(H,24,25). The monoisotopic (exact) mass is 371 g/mol. The molecule has 0 heterocycles. The van der Waals surface area contributed by atoms with Crippen LogP contribution in [-0.4, -0.2) is 17.6 Å². The summed E-state index contributed by atoms with van der Waals surface area (Å²) in [6.07, 6.45) is -10.3. The Morgan fingerprint density at radius 1 is 1.12 bits per heavy atom. The van der Waals surface area contributed by atoms with Crippen LogP contribution in [0.15, 0.2) is 18.2 Å². The highest BCUT2D eigenvalue weighted by Gasteiger charge is 2.40. The third kappa shape index (κ3) is 5.62. The number of benzene rings is 1. The van der Waals surface area contributed by atoms with Crippen LogP contribution in [0.4, 0.5) is 26.3 Å². The molecule has 9 heteroatoms. The molecule has 0 bridgehead atoms. The zero-order valence-electron chi connectivity index (χ0n) is 13.4. The molecular formula is C16H19F6NO2. The van der Waals surface area contributed by atoms with Gasteiger partial charge in [0, 0.05) is 6.54 Å². The number of carbonyl (C=O) groups is 1. The molecule has 0 amide bonds. The van der Waals surface area contributed by atoms with Gasteiger partial charge < -0.3 is 10.8 Å². The van der Waals surface area contributed by atoms with Crippen LogP contribution in [0.2, 0.25) is 0 Å². The Kier molecular flexibility index (Phi) is 6.87. The van der Waals surface area contributed by atoms with E-state index >= 15 is 0 Å². The number of hydrogen-bond acceptors (Lipinski definition) is 2. The second-order valence-electron chi connectivity index (χ2n) is 5.81. The number of nitrogens with two attached hydrogens (primary N) is 1. The molecule has 0 saturated carbocycles. The fourth-order valence-electron chi connectivity index (χ4n) is 2.72. The van der Waals surface area contributed by atoms with Crippen molar-refractivity contribution in [1.82, 2.24) is 0 Å². The van der Waals surface area contributed by atoms with Crippen molar-refractivity contribution in [3.05, 3.63) is 34.9 Å². The van der Waals surface area contributed by atoms with Gasteiger partial charge >= 0.3 is 18.3 Å². The highest BCUT2D eigenvalue weighted by atomic mass is 19.4. The van der Waals surface area contributed by atoms with Gasteiger partial charge in [-0.3, -0.25) is 4.79 Å². The van der Waals surface area contributed by atoms with Crippen molar-refractivity contribution in [2.24, 2.45) is 17.6 Å². The molecule has 0 fully saturated rings. The van der Waals surface area contributed by atoms with Crippen LogP contribution in [0.5, 0.6) is 0 Å². The molecule has 142 valence electrons. The molecule has 1 rings (SSSR count). The molecule has 1 aromatic rings. The SMILES string of the molecule is CCC(Cc1c(C(F)(F)F)cccc1C(F)(F)F)CC(CN)C(=O)O. The quantitative estimate of drug-likeness (QED) is 0.701. The van der Waals surface area contributed by atoms with Crippen molar-refractivity contribution in [3.63, 3.8) is 0 Å². The van der Waals surface area contributed by atoms with E-state index in [-0.39, 0.29) is 19.4 Å². The summed E-state index contributed by atoms with van der Waals surface area (Å²) in [4.78, 5) is 11.0. The predicted molar refractivity (Wildman–Crippen MR) is 78.7 cm³/mol. The number of carboxylic acids is 1. The minimum absolute atomic E-state index is 0.0914. The summed E-state index contributed by atoms with van der Waals surface area (Å²) in [6.45, 7) is 1.35. The average Bonchev–Trinajstić information content (AvgIpc) is 2.48. The van der Waals surface area contributed by atoms with E-state index in [1.807, 2.05) is 0 Å². The van der Waals surface area contributed by atoms with E-state index in [4.69, 9.17) is 10.8 Å². The van der Waals surface area contributed by atoms with Gasteiger partial charge in [0.25, 0.3) is 0 Å². The number of rotatable bonds is 7. The fraction of sp³-hybridized carbons (Fsp3) is 0.562. The van der Waals surface area contributed by atoms with E-state index in [1.54, 1.807) is 6.92 Å². The van der Waals surface area contributed by atoms with Gasteiger partial charge in [0.2, 0.25) is 0 Å². The minimum Gasteiger partial charge on any atom is -0.481 e. The van der Waals surface area contributed by atoms with Crippen molar-refractivity contribution in [1.29, 1.82) is 0 Å². The molecule has 3 N–H and O–H groups in total. The number of aliphatic carboxylic acids is 1. The summed E-state index contributed by atoms with van der Waals surface area (Å²) in [6, 6.07) is 1.93. The lowest BCUT2D eigenvalue weighted by molar-refractivity contribution is -0.145.